The summed E-state index contributed by atoms with van der Waals surface area (Å²) in [5.74, 6) is 1.22. The Morgan fingerprint density at radius 1 is 1.50 bits per heavy atom. The van der Waals surface area contributed by atoms with E-state index in [1.54, 1.807) is 11.3 Å². The molecule has 0 amide bonds. The van der Waals surface area contributed by atoms with Crippen molar-refractivity contribution in [1.29, 1.82) is 0 Å². The van der Waals surface area contributed by atoms with E-state index in [1.165, 1.54) is 0 Å². The topological polar surface area (TPSA) is 59.2 Å². The highest BCUT2D eigenvalue weighted by Gasteiger charge is 2.08. The van der Waals surface area contributed by atoms with Gasteiger partial charge in [0, 0.05) is 13.0 Å². The molecule has 0 saturated heterocycles. The Morgan fingerprint density at radius 3 is 3.14 bits per heavy atom. The fourth-order valence-corrected chi connectivity index (χ4v) is 1.74. The number of aryl methyl sites for hydroxylation is 1. The van der Waals surface area contributed by atoms with Crippen molar-refractivity contribution in [3.8, 4) is 10.7 Å². The quantitative estimate of drug-likeness (QED) is 0.834. The van der Waals surface area contributed by atoms with Gasteiger partial charge in [-0.2, -0.15) is 4.98 Å². The molecule has 0 radical (unpaired) electrons. The molecule has 0 aliphatic heterocycles. The zero-order valence-corrected chi connectivity index (χ0v) is 8.33. The van der Waals surface area contributed by atoms with Gasteiger partial charge in [0.2, 0.25) is 11.7 Å². The standard InChI is InChI=1S/C9H10N2O2S/c12-5-1-4-8-10-9(11-13-8)7-3-2-6-14-7/h2-3,6,12H,1,4-5H2. The Labute approximate surface area is 85.2 Å². The second-order valence-corrected chi connectivity index (χ2v) is 3.76. The summed E-state index contributed by atoms with van der Waals surface area (Å²) in [6, 6.07) is 3.90. The first-order chi connectivity index (χ1) is 6.90. The number of nitrogens with zero attached hydrogens (tertiary/aromatic N) is 2. The largest absolute Gasteiger partial charge is 0.396 e. The highest BCUT2D eigenvalue weighted by atomic mass is 32.1. The second kappa shape index (κ2) is 4.34. The number of aliphatic hydroxyl groups is 1. The first-order valence-electron chi connectivity index (χ1n) is 4.37. The van der Waals surface area contributed by atoms with Crippen molar-refractivity contribution in [2.24, 2.45) is 0 Å². The fourth-order valence-electron chi connectivity index (χ4n) is 1.09. The van der Waals surface area contributed by atoms with Gasteiger partial charge in [0.05, 0.1) is 4.88 Å². The van der Waals surface area contributed by atoms with Gasteiger partial charge in [0.1, 0.15) is 0 Å². The minimum absolute atomic E-state index is 0.150. The van der Waals surface area contributed by atoms with Crippen LogP contribution in [0.15, 0.2) is 22.0 Å². The molecule has 4 nitrogen and oxygen atoms in total. The molecule has 2 rings (SSSR count). The molecular weight excluding hydrogens is 200 g/mol. The first kappa shape index (κ1) is 9.36. The predicted molar refractivity (Wildman–Crippen MR) is 53.0 cm³/mol. The average Bonchev–Trinajstić information content (AvgIpc) is 2.85. The van der Waals surface area contributed by atoms with Gasteiger partial charge in [-0.05, 0) is 17.9 Å². The number of rotatable bonds is 4. The van der Waals surface area contributed by atoms with Crippen LogP contribution in [0, 0.1) is 0 Å². The van der Waals surface area contributed by atoms with Crippen LogP contribution in [0.4, 0.5) is 0 Å². The van der Waals surface area contributed by atoms with Crippen molar-refractivity contribution < 1.29 is 9.63 Å². The molecule has 1 N–H and O–H groups in total. The Bertz CT molecular complexity index is 383. The van der Waals surface area contributed by atoms with Gasteiger partial charge < -0.3 is 9.63 Å². The van der Waals surface area contributed by atoms with Gasteiger partial charge in [-0.25, -0.2) is 0 Å². The molecule has 2 aromatic rings. The maximum Gasteiger partial charge on any atom is 0.227 e. The fraction of sp³-hybridized carbons (Fsp3) is 0.333. The Kier molecular flexibility index (Phi) is 2.90. The molecule has 0 spiro atoms. The maximum absolute atomic E-state index is 8.63. The van der Waals surface area contributed by atoms with Gasteiger partial charge in [-0.3, -0.25) is 0 Å². The van der Waals surface area contributed by atoms with Crippen molar-refractivity contribution in [2.45, 2.75) is 12.8 Å². The van der Waals surface area contributed by atoms with E-state index in [2.05, 4.69) is 10.1 Å². The Morgan fingerprint density at radius 2 is 2.43 bits per heavy atom. The summed E-state index contributed by atoms with van der Waals surface area (Å²) < 4.78 is 5.02. The van der Waals surface area contributed by atoms with E-state index in [9.17, 15) is 0 Å². The molecule has 0 aliphatic carbocycles. The molecule has 14 heavy (non-hydrogen) atoms. The van der Waals surface area contributed by atoms with E-state index in [0.717, 1.165) is 4.88 Å². The highest BCUT2D eigenvalue weighted by molar-refractivity contribution is 7.13. The summed E-state index contributed by atoms with van der Waals surface area (Å²) in [4.78, 5) is 5.22. The number of aliphatic hydroxyl groups excluding tert-OH is 1. The first-order valence-corrected chi connectivity index (χ1v) is 5.25. The summed E-state index contributed by atoms with van der Waals surface area (Å²) in [6.45, 7) is 0.150. The lowest BCUT2D eigenvalue weighted by Crippen LogP contribution is -1.89. The third-order valence-electron chi connectivity index (χ3n) is 1.76. The number of aromatic nitrogens is 2. The van der Waals surface area contributed by atoms with E-state index in [1.807, 2.05) is 17.5 Å². The van der Waals surface area contributed by atoms with E-state index in [0.29, 0.717) is 24.6 Å². The van der Waals surface area contributed by atoms with Gasteiger partial charge in [0.15, 0.2) is 0 Å². The molecule has 0 saturated carbocycles. The molecule has 0 aliphatic rings. The van der Waals surface area contributed by atoms with E-state index in [4.69, 9.17) is 9.63 Å². The summed E-state index contributed by atoms with van der Waals surface area (Å²) in [7, 11) is 0. The van der Waals surface area contributed by atoms with Crippen LogP contribution in [0.25, 0.3) is 10.7 Å². The van der Waals surface area contributed by atoms with Crippen LogP contribution in [0.1, 0.15) is 12.3 Å². The molecule has 74 valence electrons. The van der Waals surface area contributed by atoms with Crippen LogP contribution in [0.2, 0.25) is 0 Å². The number of hydrogen-bond acceptors (Lipinski definition) is 5. The highest BCUT2D eigenvalue weighted by Crippen LogP contribution is 2.21. The third kappa shape index (κ3) is 2.00. The van der Waals surface area contributed by atoms with Crippen molar-refractivity contribution in [3.05, 3.63) is 23.4 Å². The Balaban J connectivity index is 2.10. The maximum atomic E-state index is 8.63. The van der Waals surface area contributed by atoms with Crippen molar-refractivity contribution in [1.82, 2.24) is 10.1 Å². The Hall–Kier alpha value is -1.20. The van der Waals surface area contributed by atoms with E-state index >= 15 is 0 Å². The second-order valence-electron chi connectivity index (χ2n) is 2.82. The van der Waals surface area contributed by atoms with Crippen LogP contribution in [0.5, 0.6) is 0 Å². The number of hydrogen-bond donors (Lipinski definition) is 1. The van der Waals surface area contributed by atoms with Gasteiger partial charge >= 0.3 is 0 Å². The summed E-state index contributed by atoms with van der Waals surface area (Å²) in [5.41, 5.74) is 0. The minimum Gasteiger partial charge on any atom is -0.396 e. The third-order valence-corrected chi connectivity index (χ3v) is 2.62. The molecule has 0 unspecified atom stereocenters. The smallest absolute Gasteiger partial charge is 0.227 e. The monoisotopic (exact) mass is 210 g/mol. The lowest BCUT2D eigenvalue weighted by atomic mass is 10.3. The summed E-state index contributed by atoms with van der Waals surface area (Å²) in [6.07, 6.45) is 1.29. The van der Waals surface area contributed by atoms with Gasteiger partial charge in [0.25, 0.3) is 0 Å². The minimum atomic E-state index is 0.150. The van der Waals surface area contributed by atoms with Crippen LogP contribution in [-0.4, -0.2) is 21.9 Å². The molecular formula is C9H10N2O2S. The van der Waals surface area contributed by atoms with Crippen molar-refractivity contribution in [3.63, 3.8) is 0 Å². The van der Waals surface area contributed by atoms with Crippen LogP contribution < -0.4 is 0 Å². The zero-order valence-electron chi connectivity index (χ0n) is 7.51. The van der Waals surface area contributed by atoms with E-state index < -0.39 is 0 Å². The van der Waals surface area contributed by atoms with Crippen LogP contribution in [0.3, 0.4) is 0 Å². The molecule has 0 fully saturated rings. The van der Waals surface area contributed by atoms with E-state index in [-0.39, 0.29) is 6.61 Å². The summed E-state index contributed by atoms with van der Waals surface area (Å²) >= 11 is 1.58. The molecule has 0 aromatic carbocycles. The number of thiophene rings is 1. The summed E-state index contributed by atoms with van der Waals surface area (Å²) in [5, 5.41) is 14.5. The zero-order chi connectivity index (χ0) is 9.80. The molecule has 2 aromatic heterocycles. The molecule has 5 heteroatoms. The van der Waals surface area contributed by atoms with Gasteiger partial charge in [-0.1, -0.05) is 11.2 Å². The molecule has 2 heterocycles. The predicted octanol–water partition coefficient (Wildman–Crippen LogP) is 1.72. The lowest BCUT2D eigenvalue weighted by Gasteiger charge is -1.87. The van der Waals surface area contributed by atoms with Crippen molar-refractivity contribution in [2.75, 3.05) is 6.61 Å². The molecule has 0 atom stereocenters. The van der Waals surface area contributed by atoms with Crippen LogP contribution >= 0.6 is 11.3 Å². The van der Waals surface area contributed by atoms with Crippen molar-refractivity contribution >= 4 is 11.3 Å². The molecule has 0 bridgehead atoms. The SMILES string of the molecule is OCCCc1nc(-c2cccs2)no1. The average molecular weight is 210 g/mol. The van der Waals surface area contributed by atoms with Crippen LogP contribution in [-0.2, 0) is 6.42 Å². The van der Waals surface area contributed by atoms with Gasteiger partial charge in [-0.15, -0.1) is 11.3 Å². The lowest BCUT2D eigenvalue weighted by molar-refractivity contribution is 0.278. The normalized spacial score (nSPS) is 10.6.